The lowest BCUT2D eigenvalue weighted by Crippen LogP contribution is -2.33. The third kappa shape index (κ3) is 3.31. The molecule has 8 heteroatoms. The highest BCUT2D eigenvalue weighted by Gasteiger charge is 2.42. The first-order valence-electron chi connectivity index (χ1n) is 11.3. The van der Waals surface area contributed by atoms with E-state index >= 15 is 4.39 Å². The number of rotatable bonds is 6. The molecule has 1 aliphatic carbocycles. The smallest absolute Gasteiger partial charge is 0.306 e. The van der Waals surface area contributed by atoms with Gasteiger partial charge in [-0.3, -0.25) is 9.89 Å². The second-order valence-corrected chi connectivity index (χ2v) is 9.97. The molecule has 2 aromatic carbocycles. The highest BCUT2D eigenvalue weighted by Crippen LogP contribution is 2.51. The molecule has 34 heavy (non-hydrogen) atoms. The molecule has 5 rings (SSSR count). The molecule has 0 saturated heterocycles. The van der Waals surface area contributed by atoms with Crippen molar-refractivity contribution >= 4 is 27.8 Å². The summed E-state index contributed by atoms with van der Waals surface area (Å²) in [7, 11) is 1.62. The third-order valence-electron chi connectivity index (χ3n) is 7.09. The topological polar surface area (TPSA) is 80.1 Å². The van der Waals surface area contributed by atoms with Gasteiger partial charge in [0.2, 0.25) is 0 Å². The summed E-state index contributed by atoms with van der Waals surface area (Å²) in [5.41, 5.74) is 3.26. The average Bonchev–Trinajstić information content (AvgIpc) is 3.33. The zero-order valence-electron chi connectivity index (χ0n) is 19.6. The Morgan fingerprint density at radius 1 is 1.29 bits per heavy atom. The van der Waals surface area contributed by atoms with Gasteiger partial charge < -0.3 is 14.4 Å². The van der Waals surface area contributed by atoms with Crippen LogP contribution in [0.4, 0.5) is 8.78 Å². The second-order valence-electron chi connectivity index (χ2n) is 9.97. The SMILES string of the molecule is COCC(C)(C)c1c(C2CC(C(=O)O)C2)c2c(F)c3[nH]ncc3cc2n1-c1ccc(F)c(C)c1. The summed E-state index contributed by atoms with van der Waals surface area (Å²) in [4.78, 5) is 11.6. The Labute approximate surface area is 195 Å². The summed E-state index contributed by atoms with van der Waals surface area (Å²) in [5, 5.41) is 17.3. The van der Waals surface area contributed by atoms with E-state index in [1.54, 1.807) is 32.4 Å². The Morgan fingerprint density at radius 3 is 2.68 bits per heavy atom. The summed E-state index contributed by atoms with van der Waals surface area (Å²) in [6, 6.07) is 6.75. The number of fused-ring (bicyclic) bond motifs is 2. The number of ether oxygens (including phenoxy) is 1. The summed E-state index contributed by atoms with van der Waals surface area (Å²) in [5.74, 6) is -2.12. The predicted molar refractivity (Wildman–Crippen MR) is 126 cm³/mol. The van der Waals surface area contributed by atoms with E-state index < -0.39 is 23.1 Å². The monoisotopic (exact) mass is 467 g/mol. The molecule has 0 radical (unpaired) electrons. The van der Waals surface area contributed by atoms with Gasteiger partial charge in [-0.15, -0.1) is 0 Å². The van der Waals surface area contributed by atoms with Crippen molar-refractivity contribution in [2.75, 3.05) is 13.7 Å². The number of methoxy groups -OCH3 is 1. The minimum Gasteiger partial charge on any atom is -0.481 e. The zero-order chi connectivity index (χ0) is 24.4. The van der Waals surface area contributed by atoms with Crippen LogP contribution in [0.1, 0.15) is 49.4 Å². The van der Waals surface area contributed by atoms with Crippen LogP contribution in [0.2, 0.25) is 0 Å². The number of benzene rings is 2. The number of carboxylic acids is 1. The van der Waals surface area contributed by atoms with E-state index in [1.807, 2.05) is 24.5 Å². The van der Waals surface area contributed by atoms with Crippen molar-refractivity contribution in [2.24, 2.45) is 5.92 Å². The van der Waals surface area contributed by atoms with Crippen molar-refractivity contribution < 1.29 is 23.4 Å². The molecule has 1 fully saturated rings. The molecule has 4 aromatic rings. The lowest BCUT2D eigenvalue weighted by molar-refractivity contribution is -0.145. The van der Waals surface area contributed by atoms with Crippen LogP contribution in [-0.2, 0) is 14.9 Å². The fraction of sp³-hybridized carbons (Fsp3) is 0.385. The Morgan fingerprint density at radius 2 is 2.03 bits per heavy atom. The molecule has 1 aliphatic rings. The molecule has 0 amide bonds. The van der Waals surface area contributed by atoms with Gasteiger partial charge in [-0.2, -0.15) is 5.10 Å². The minimum absolute atomic E-state index is 0.118. The van der Waals surface area contributed by atoms with Gasteiger partial charge in [0.25, 0.3) is 0 Å². The van der Waals surface area contributed by atoms with Gasteiger partial charge in [-0.25, -0.2) is 8.78 Å². The number of carboxylic acid groups (broad SMARTS) is 1. The number of carbonyl (C=O) groups is 1. The number of aromatic amines is 1. The van der Waals surface area contributed by atoms with E-state index in [-0.39, 0.29) is 11.7 Å². The maximum atomic E-state index is 16.1. The van der Waals surface area contributed by atoms with Crippen molar-refractivity contribution in [3.8, 4) is 5.69 Å². The van der Waals surface area contributed by atoms with Crippen molar-refractivity contribution in [3.05, 3.63) is 58.9 Å². The van der Waals surface area contributed by atoms with E-state index in [4.69, 9.17) is 4.74 Å². The number of nitrogens with zero attached hydrogens (tertiary/aromatic N) is 2. The normalized spacial score (nSPS) is 18.5. The van der Waals surface area contributed by atoms with Crippen LogP contribution in [0.5, 0.6) is 0 Å². The molecule has 0 spiro atoms. The Hall–Kier alpha value is -3.26. The third-order valence-corrected chi connectivity index (χ3v) is 7.09. The van der Waals surface area contributed by atoms with Crippen LogP contribution in [0, 0.1) is 24.5 Å². The highest BCUT2D eigenvalue weighted by molar-refractivity contribution is 6.00. The molecule has 2 N–H and O–H groups in total. The molecular weight excluding hydrogens is 440 g/mol. The van der Waals surface area contributed by atoms with Crippen molar-refractivity contribution in [1.82, 2.24) is 14.8 Å². The molecule has 6 nitrogen and oxygen atoms in total. The van der Waals surface area contributed by atoms with Gasteiger partial charge in [0.05, 0.1) is 24.2 Å². The number of H-pyrrole nitrogens is 1. The number of nitrogens with one attached hydrogen (secondary N) is 1. The molecular formula is C26H27F2N3O3. The summed E-state index contributed by atoms with van der Waals surface area (Å²) < 4.78 is 37.8. The van der Waals surface area contributed by atoms with Crippen LogP contribution in [0.25, 0.3) is 27.5 Å². The lowest BCUT2D eigenvalue weighted by Gasteiger charge is -2.36. The number of halogens is 2. The second kappa shape index (κ2) is 7.91. The highest BCUT2D eigenvalue weighted by atomic mass is 19.1. The molecule has 178 valence electrons. The van der Waals surface area contributed by atoms with Gasteiger partial charge in [-0.1, -0.05) is 13.8 Å². The maximum absolute atomic E-state index is 16.1. The van der Waals surface area contributed by atoms with Crippen molar-refractivity contribution in [3.63, 3.8) is 0 Å². The number of hydrogen-bond donors (Lipinski definition) is 2. The van der Waals surface area contributed by atoms with E-state index in [0.717, 1.165) is 11.3 Å². The molecule has 0 atom stereocenters. The molecule has 0 unspecified atom stereocenters. The quantitative estimate of drug-likeness (QED) is 0.387. The summed E-state index contributed by atoms with van der Waals surface area (Å²) in [6.07, 6.45) is 2.45. The Balaban J connectivity index is 1.90. The summed E-state index contributed by atoms with van der Waals surface area (Å²) >= 11 is 0. The first-order chi connectivity index (χ1) is 16.1. The van der Waals surface area contributed by atoms with Crippen LogP contribution >= 0.6 is 0 Å². The fourth-order valence-electron chi connectivity index (χ4n) is 5.41. The van der Waals surface area contributed by atoms with E-state index in [0.29, 0.717) is 52.5 Å². The van der Waals surface area contributed by atoms with Crippen molar-refractivity contribution in [2.45, 2.75) is 44.9 Å². The predicted octanol–water partition coefficient (Wildman–Crippen LogP) is 5.60. The average molecular weight is 468 g/mol. The minimum atomic E-state index is -0.830. The van der Waals surface area contributed by atoms with Crippen molar-refractivity contribution in [1.29, 1.82) is 0 Å². The molecule has 2 heterocycles. The fourth-order valence-corrected chi connectivity index (χ4v) is 5.41. The lowest BCUT2D eigenvalue weighted by atomic mass is 9.68. The first-order valence-corrected chi connectivity index (χ1v) is 11.3. The first kappa shape index (κ1) is 22.5. The van der Waals surface area contributed by atoms with Gasteiger partial charge in [0.1, 0.15) is 11.3 Å². The van der Waals surface area contributed by atoms with E-state index in [2.05, 4.69) is 10.2 Å². The Bertz CT molecular complexity index is 1430. The van der Waals surface area contributed by atoms with Crippen LogP contribution in [0.15, 0.2) is 30.5 Å². The molecule has 0 aliphatic heterocycles. The van der Waals surface area contributed by atoms with Gasteiger partial charge in [0.15, 0.2) is 5.82 Å². The van der Waals surface area contributed by atoms with Crippen LogP contribution in [0.3, 0.4) is 0 Å². The number of aromatic nitrogens is 3. The van der Waals surface area contributed by atoms with Gasteiger partial charge >= 0.3 is 5.97 Å². The maximum Gasteiger partial charge on any atom is 0.306 e. The number of aliphatic carboxylic acids is 1. The van der Waals surface area contributed by atoms with E-state index in [1.165, 1.54) is 6.07 Å². The van der Waals surface area contributed by atoms with Crippen LogP contribution < -0.4 is 0 Å². The largest absolute Gasteiger partial charge is 0.481 e. The molecule has 2 aromatic heterocycles. The summed E-state index contributed by atoms with van der Waals surface area (Å²) in [6.45, 7) is 6.12. The van der Waals surface area contributed by atoms with E-state index in [9.17, 15) is 14.3 Å². The Kier molecular flexibility index (Phi) is 5.24. The zero-order valence-corrected chi connectivity index (χ0v) is 19.6. The number of aryl methyl sites for hydroxylation is 1. The van der Waals surface area contributed by atoms with Crippen LogP contribution in [-0.4, -0.2) is 39.6 Å². The number of hydrogen-bond acceptors (Lipinski definition) is 3. The van der Waals surface area contributed by atoms with Gasteiger partial charge in [0, 0.05) is 34.7 Å². The molecule has 0 bridgehead atoms. The molecule has 1 saturated carbocycles. The standard InChI is InChI=1S/C26H27F2N3O3/c1-13-7-17(5-6-18(13)27)31-19-10-16-11-29-30-23(16)22(28)21(19)20(14-8-15(9-14)25(32)33)24(31)26(2,3)12-34-4/h5-7,10-11,14-15H,8-9,12H2,1-4H3,(H,29,30)(H,32,33). The van der Waals surface area contributed by atoms with Gasteiger partial charge in [-0.05, 0) is 61.1 Å².